The molecule has 1 aliphatic heterocycles. The third kappa shape index (κ3) is 3.60. The number of anilines is 2. The van der Waals surface area contributed by atoms with E-state index in [1.807, 2.05) is 6.20 Å². The third-order valence-electron chi connectivity index (χ3n) is 3.99. The molecule has 1 unspecified atom stereocenters. The number of piperazine rings is 1. The van der Waals surface area contributed by atoms with Gasteiger partial charge in [0.05, 0.1) is 0 Å². The topological polar surface area (TPSA) is 31.4 Å². The Morgan fingerprint density at radius 1 is 1.26 bits per heavy atom. The molecule has 2 heterocycles. The number of nitrogens with one attached hydrogen (secondary N) is 1. The summed E-state index contributed by atoms with van der Waals surface area (Å²) in [7, 11) is 0. The molecule has 1 aromatic heterocycles. The Balaban J connectivity index is 1.95. The Kier molecular flexibility index (Phi) is 5.02. The van der Waals surface area contributed by atoms with Gasteiger partial charge in [-0.2, -0.15) is 0 Å². The molecule has 4 heteroatoms. The lowest BCUT2D eigenvalue weighted by Crippen LogP contribution is -2.49. The Labute approximate surface area is 116 Å². The summed E-state index contributed by atoms with van der Waals surface area (Å²) in [6, 6.07) is 4.97. The number of pyridine rings is 1. The zero-order valence-electron chi connectivity index (χ0n) is 12.4. The van der Waals surface area contributed by atoms with Gasteiger partial charge in [-0.3, -0.25) is 4.90 Å². The number of hydrogen-bond donors (Lipinski definition) is 1. The van der Waals surface area contributed by atoms with Crippen LogP contribution in [0.15, 0.2) is 18.3 Å². The van der Waals surface area contributed by atoms with Crippen LogP contribution in [0.2, 0.25) is 0 Å². The first-order chi connectivity index (χ1) is 9.24. The molecule has 2 rings (SSSR count). The van der Waals surface area contributed by atoms with Crippen molar-refractivity contribution in [2.24, 2.45) is 0 Å². The summed E-state index contributed by atoms with van der Waals surface area (Å²) in [4.78, 5) is 9.38. The Morgan fingerprint density at radius 2 is 2.00 bits per heavy atom. The van der Waals surface area contributed by atoms with E-state index in [0.29, 0.717) is 6.04 Å². The van der Waals surface area contributed by atoms with E-state index >= 15 is 0 Å². The van der Waals surface area contributed by atoms with Crippen LogP contribution < -0.4 is 10.2 Å². The molecule has 0 saturated carbocycles. The Bertz CT molecular complexity index is 385. The molecule has 1 saturated heterocycles. The van der Waals surface area contributed by atoms with E-state index in [2.05, 4.69) is 53.0 Å². The molecule has 1 N–H and O–H groups in total. The molecule has 0 radical (unpaired) electrons. The molecule has 0 aromatic carbocycles. The zero-order valence-corrected chi connectivity index (χ0v) is 12.4. The highest BCUT2D eigenvalue weighted by molar-refractivity contribution is 5.54. The summed E-state index contributed by atoms with van der Waals surface area (Å²) < 4.78 is 0. The van der Waals surface area contributed by atoms with Gasteiger partial charge in [-0.05, 0) is 26.3 Å². The van der Waals surface area contributed by atoms with E-state index in [1.54, 1.807) is 0 Å². The molecule has 1 aromatic rings. The van der Waals surface area contributed by atoms with Crippen molar-refractivity contribution in [3.05, 3.63) is 18.3 Å². The van der Waals surface area contributed by atoms with Crippen molar-refractivity contribution < 1.29 is 0 Å². The van der Waals surface area contributed by atoms with Crippen molar-refractivity contribution in [2.75, 3.05) is 42.9 Å². The molecular weight excluding hydrogens is 236 g/mol. The number of nitrogens with zero attached hydrogens (tertiary/aromatic N) is 3. The maximum Gasteiger partial charge on any atom is 0.127 e. The predicted molar refractivity (Wildman–Crippen MR) is 81.9 cm³/mol. The summed E-state index contributed by atoms with van der Waals surface area (Å²) >= 11 is 0. The van der Waals surface area contributed by atoms with Crippen LogP contribution in [0.25, 0.3) is 0 Å². The molecule has 0 bridgehead atoms. The molecule has 1 aliphatic rings. The molecule has 0 amide bonds. The number of rotatable bonds is 5. The summed E-state index contributed by atoms with van der Waals surface area (Å²) in [5.74, 6) is 0.976. The largest absolute Gasteiger partial charge is 0.370 e. The summed E-state index contributed by atoms with van der Waals surface area (Å²) in [6.45, 7) is 12.1. The van der Waals surface area contributed by atoms with Crippen molar-refractivity contribution in [2.45, 2.75) is 33.2 Å². The fourth-order valence-electron chi connectivity index (χ4n) is 2.57. The van der Waals surface area contributed by atoms with Gasteiger partial charge in [0.15, 0.2) is 0 Å². The minimum atomic E-state index is 0.705. The first-order valence-corrected chi connectivity index (χ1v) is 7.43. The Morgan fingerprint density at radius 3 is 2.63 bits per heavy atom. The maximum atomic E-state index is 4.33. The lowest BCUT2D eigenvalue weighted by atomic mass is 10.2. The first kappa shape index (κ1) is 14.1. The van der Waals surface area contributed by atoms with Crippen LogP contribution in [0.1, 0.15) is 27.2 Å². The van der Waals surface area contributed by atoms with Crippen molar-refractivity contribution in [3.63, 3.8) is 0 Å². The molecule has 106 valence electrons. The van der Waals surface area contributed by atoms with Crippen LogP contribution in [0.5, 0.6) is 0 Å². The van der Waals surface area contributed by atoms with Gasteiger partial charge in [0.1, 0.15) is 5.82 Å². The average Bonchev–Trinajstić information content (AvgIpc) is 2.47. The zero-order chi connectivity index (χ0) is 13.7. The lowest BCUT2D eigenvalue weighted by Gasteiger charge is -2.39. The molecule has 19 heavy (non-hydrogen) atoms. The van der Waals surface area contributed by atoms with Crippen LogP contribution in [0, 0.1) is 0 Å². The fourth-order valence-corrected chi connectivity index (χ4v) is 2.57. The highest BCUT2D eigenvalue weighted by atomic mass is 15.3. The van der Waals surface area contributed by atoms with Crippen molar-refractivity contribution >= 4 is 11.5 Å². The average molecular weight is 262 g/mol. The molecular formula is C15H26N4. The second-order valence-electron chi connectivity index (χ2n) is 5.21. The second kappa shape index (κ2) is 6.75. The standard InChI is InChI=1S/C15H26N4/c1-4-13(3)18-8-10-19(11-9-18)14-6-7-17-15(12-14)16-5-2/h6-7,12-13H,4-5,8-11H2,1-3H3,(H,16,17). The second-order valence-corrected chi connectivity index (χ2v) is 5.21. The van der Waals surface area contributed by atoms with Crippen LogP contribution in [-0.4, -0.2) is 48.6 Å². The van der Waals surface area contributed by atoms with Crippen LogP contribution in [0.3, 0.4) is 0 Å². The van der Waals surface area contributed by atoms with Gasteiger partial charge in [0, 0.05) is 56.7 Å². The minimum Gasteiger partial charge on any atom is -0.370 e. The van der Waals surface area contributed by atoms with E-state index in [0.717, 1.165) is 38.5 Å². The lowest BCUT2D eigenvalue weighted by molar-refractivity contribution is 0.193. The third-order valence-corrected chi connectivity index (χ3v) is 3.99. The van der Waals surface area contributed by atoms with E-state index < -0.39 is 0 Å². The van der Waals surface area contributed by atoms with E-state index in [4.69, 9.17) is 0 Å². The quantitative estimate of drug-likeness (QED) is 0.883. The summed E-state index contributed by atoms with van der Waals surface area (Å²) in [6.07, 6.45) is 3.13. The molecule has 4 nitrogen and oxygen atoms in total. The minimum absolute atomic E-state index is 0.705. The van der Waals surface area contributed by atoms with Crippen LogP contribution in [-0.2, 0) is 0 Å². The number of aromatic nitrogens is 1. The predicted octanol–water partition coefficient (Wildman–Crippen LogP) is 2.43. The molecule has 0 spiro atoms. The molecule has 1 atom stereocenters. The fraction of sp³-hybridized carbons (Fsp3) is 0.667. The molecule has 1 fully saturated rings. The SMILES string of the molecule is CCNc1cc(N2CCN(C(C)CC)CC2)ccn1. The highest BCUT2D eigenvalue weighted by Crippen LogP contribution is 2.19. The number of hydrogen-bond acceptors (Lipinski definition) is 4. The normalized spacial score (nSPS) is 18.4. The van der Waals surface area contributed by atoms with Crippen molar-refractivity contribution in [1.29, 1.82) is 0 Å². The summed E-state index contributed by atoms with van der Waals surface area (Å²) in [5, 5.41) is 3.27. The highest BCUT2D eigenvalue weighted by Gasteiger charge is 2.20. The van der Waals surface area contributed by atoms with Gasteiger partial charge in [-0.1, -0.05) is 6.92 Å². The maximum absolute atomic E-state index is 4.33. The smallest absolute Gasteiger partial charge is 0.127 e. The molecule has 0 aliphatic carbocycles. The van der Waals surface area contributed by atoms with Crippen LogP contribution in [0.4, 0.5) is 11.5 Å². The van der Waals surface area contributed by atoms with Gasteiger partial charge >= 0.3 is 0 Å². The first-order valence-electron chi connectivity index (χ1n) is 7.43. The van der Waals surface area contributed by atoms with Crippen molar-refractivity contribution in [1.82, 2.24) is 9.88 Å². The van der Waals surface area contributed by atoms with Gasteiger partial charge < -0.3 is 10.2 Å². The van der Waals surface area contributed by atoms with E-state index in [9.17, 15) is 0 Å². The Hall–Kier alpha value is -1.29. The van der Waals surface area contributed by atoms with Crippen LogP contribution >= 0.6 is 0 Å². The van der Waals surface area contributed by atoms with Gasteiger partial charge in [-0.25, -0.2) is 4.98 Å². The van der Waals surface area contributed by atoms with Gasteiger partial charge in [-0.15, -0.1) is 0 Å². The van der Waals surface area contributed by atoms with Crippen molar-refractivity contribution in [3.8, 4) is 0 Å². The summed E-state index contributed by atoms with van der Waals surface area (Å²) in [5.41, 5.74) is 1.29. The van der Waals surface area contributed by atoms with Gasteiger partial charge in [0.2, 0.25) is 0 Å². The van der Waals surface area contributed by atoms with Gasteiger partial charge in [0.25, 0.3) is 0 Å². The van der Waals surface area contributed by atoms with E-state index in [-0.39, 0.29) is 0 Å². The van der Waals surface area contributed by atoms with E-state index in [1.165, 1.54) is 12.1 Å². The monoisotopic (exact) mass is 262 g/mol.